The minimum Gasteiger partial charge on any atom is -0.383 e. The maximum atomic E-state index is 12.5. The first kappa shape index (κ1) is 25.1. The summed E-state index contributed by atoms with van der Waals surface area (Å²) in [5, 5.41) is 6.16. The van der Waals surface area contributed by atoms with Gasteiger partial charge in [-0.2, -0.15) is 0 Å². The second-order valence-corrected chi connectivity index (χ2v) is 9.20. The van der Waals surface area contributed by atoms with E-state index < -0.39 is 9.84 Å². The number of hydrogen-bond donors (Lipinski definition) is 2. The molecule has 26 heavy (non-hydrogen) atoms. The second kappa shape index (κ2) is 11.1. The van der Waals surface area contributed by atoms with Gasteiger partial charge in [0.1, 0.15) is 0 Å². The summed E-state index contributed by atoms with van der Waals surface area (Å²) in [7, 11) is -0.0569. The van der Waals surface area contributed by atoms with E-state index in [1.807, 2.05) is 19.1 Å². The lowest BCUT2D eigenvalue weighted by Gasteiger charge is -2.19. The molecule has 0 radical (unpaired) electrons. The third-order valence-electron chi connectivity index (χ3n) is 3.77. The van der Waals surface area contributed by atoms with Crippen LogP contribution in [0.25, 0.3) is 0 Å². The Balaban J connectivity index is 0.00000625. The van der Waals surface area contributed by atoms with Crippen molar-refractivity contribution in [2.75, 3.05) is 33.1 Å². The normalized spacial score (nSPS) is 13.7. The second-order valence-electron chi connectivity index (χ2n) is 7.09. The van der Waals surface area contributed by atoms with Gasteiger partial charge in [-0.05, 0) is 30.0 Å². The number of methoxy groups -OCH3 is 1. The van der Waals surface area contributed by atoms with Crippen LogP contribution in [0, 0.1) is 0 Å². The van der Waals surface area contributed by atoms with Gasteiger partial charge in [0.25, 0.3) is 0 Å². The summed E-state index contributed by atoms with van der Waals surface area (Å²) in [5.74, 6) is 0.559. The van der Waals surface area contributed by atoms with Crippen LogP contribution in [0.1, 0.15) is 33.3 Å². The molecule has 0 spiro atoms. The summed E-state index contributed by atoms with van der Waals surface area (Å²) in [5.41, 5.74) is 1.11. The third-order valence-corrected chi connectivity index (χ3v) is 5.50. The largest absolute Gasteiger partial charge is 0.383 e. The molecule has 0 bridgehead atoms. The fraction of sp³-hybridized carbons (Fsp3) is 0.611. The molecular weight excluding hydrogens is 465 g/mol. The SMILES string of the molecule is CN=C(NCCS(=O)(=O)c1ccc(C(C)(C)C)cc1)NC(C)COC.I. The van der Waals surface area contributed by atoms with Crippen LogP contribution in [0.2, 0.25) is 0 Å². The van der Waals surface area contributed by atoms with E-state index in [0.29, 0.717) is 17.5 Å². The topological polar surface area (TPSA) is 79.8 Å². The molecule has 0 aliphatic carbocycles. The number of rotatable bonds is 7. The average Bonchev–Trinajstić information content (AvgIpc) is 2.53. The average molecular weight is 497 g/mol. The molecule has 1 atom stereocenters. The number of sulfone groups is 1. The van der Waals surface area contributed by atoms with Gasteiger partial charge in [0, 0.05) is 26.7 Å². The van der Waals surface area contributed by atoms with Crippen LogP contribution in [0.3, 0.4) is 0 Å². The zero-order chi connectivity index (χ0) is 19.1. The Morgan fingerprint density at radius 3 is 2.27 bits per heavy atom. The molecule has 0 aliphatic heterocycles. The highest BCUT2D eigenvalue weighted by molar-refractivity contribution is 14.0. The molecule has 0 saturated heterocycles. The van der Waals surface area contributed by atoms with Crippen LogP contribution in [0.15, 0.2) is 34.2 Å². The number of benzene rings is 1. The van der Waals surface area contributed by atoms with Crippen molar-refractivity contribution in [3.63, 3.8) is 0 Å². The molecule has 0 aromatic heterocycles. The minimum absolute atomic E-state index is 0. The number of ether oxygens (including phenoxy) is 1. The van der Waals surface area contributed by atoms with E-state index in [1.165, 1.54) is 0 Å². The maximum absolute atomic E-state index is 12.5. The smallest absolute Gasteiger partial charge is 0.191 e. The van der Waals surface area contributed by atoms with Gasteiger partial charge in [0.05, 0.1) is 17.3 Å². The molecule has 0 saturated carbocycles. The standard InChI is InChI=1S/C18H31N3O3S.HI/c1-14(13-24-6)21-17(19-5)20-11-12-25(22,23)16-9-7-15(8-10-16)18(2,3)4;/h7-10,14H,11-13H2,1-6H3,(H2,19,20,21);1H. The summed E-state index contributed by atoms with van der Waals surface area (Å²) in [6.07, 6.45) is 0. The third kappa shape index (κ3) is 8.22. The summed E-state index contributed by atoms with van der Waals surface area (Å²) < 4.78 is 30.0. The van der Waals surface area contributed by atoms with Gasteiger partial charge < -0.3 is 15.4 Å². The molecule has 1 aromatic carbocycles. The van der Waals surface area contributed by atoms with Crippen molar-refractivity contribution in [1.82, 2.24) is 10.6 Å². The van der Waals surface area contributed by atoms with Crippen LogP contribution in [-0.4, -0.2) is 53.5 Å². The van der Waals surface area contributed by atoms with E-state index in [9.17, 15) is 8.42 Å². The molecule has 2 N–H and O–H groups in total. The van der Waals surface area contributed by atoms with Crippen LogP contribution < -0.4 is 10.6 Å². The summed E-state index contributed by atoms with van der Waals surface area (Å²) in [4.78, 5) is 4.43. The molecule has 0 aliphatic rings. The molecule has 1 unspecified atom stereocenters. The molecule has 150 valence electrons. The molecular formula is C18H32IN3O3S. The number of halogens is 1. The van der Waals surface area contributed by atoms with E-state index in [2.05, 4.69) is 36.4 Å². The zero-order valence-electron chi connectivity index (χ0n) is 16.5. The van der Waals surface area contributed by atoms with E-state index in [1.54, 1.807) is 26.3 Å². The molecule has 0 amide bonds. The van der Waals surface area contributed by atoms with Gasteiger partial charge in [-0.3, -0.25) is 4.99 Å². The number of nitrogens with zero attached hydrogens (tertiary/aromatic N) is 1. The Bertz CT molecular complexity index is 668. The Morgan fingerprint density at radius 2 is 1.81 bits per heavy atom. The molecule has 1 rings (SSSR count). The molecule has 1 aromatic rings. The summed E-state index contributed by atoms with van der Waals surface area (Å²) >= 11 is 0. The Kier molecular flexibility index (Phi) is 10.7. The van der Waals surface area contributed by atoms with Crippen molar-refractivity contribution in [1.29, 1.82) is 0 Å². The van der Waals surface area contributed by atoms with Gasteiger partial charge in [-0.25, -0.2) is 8.42 Å². The number of guanidine groups is 1. The van der Waals surface area contributed by atoms with Crippen LogP contribution in [0.5, 0.6) is 0 Å². The van der Waals surface area contributed by atoms with Gasteiger partial charge in [-0.1, -0.05) is 32.9 Å². The van der Waals surface area contributed by atoms with Crippen molar-refractivity contribution in [2.45, 2.75) is 44.0 Å². The first-order valence-electron chi connectivity index (χ1n) is 8.39. The number of nitrogens with one attached hydrogen (secondary N) is 2. The highest BCUT2D eigenvalue weighted by Gasteiger charge is 2.17. The maximum Gasteiger partial charge on any atom is 0.191 e. The van der Waals surface area contributed by atoms with Crippen molar-refractivity contribution in [3.8, 4) is 0 Å². The van der Waals surface area contributed by atoms with Gasteiger partial charge >= 0.3 is 0 Å². The highest BCUT2D eigenvalue weighted by Crippen LogP contribution is 2.23. The predicted octanol–water partition coefficient (Wildman–Crippen LogP) is 2.58. The highest BCUT2D eigenvalue weighted by atomic mass is 127. The first-order chi connectivity index (χ1) is 11.6. The molecule has 8 heteroatoms. The first-order valence-corrected chi connectivity index (χ1v) is 10.0. The van der Waals surface area contributed by atoms with Crippen molar-refractivity contribution in [2.24, 2.45) is 4.99 Å². The summed E-state index contributed by atoms with van der Waals surface area (Å²) in [6.45, 7) is 9.09. The number of hydrogen-bond acceptors (Lipinski definition) is 4. The Labute approximate surface area is 175 Å². The summed E-state index contributed by atoms with van der Waals surface area (Å²) in [6, 6.07) is 7.21. The van der Waals surface area contributed by atoms with E-state index in [-0.39, 0.29) is 47.7 Å². The van der Waals surface area contributed by atoms with E-state index in [4.69, 9.17) is 4.74 Å². The van der Waals surface area contributed by atoms with Gasteiger partial charge in [-0.15, -0.1) is 24.0 Å². The van der Waals surface area contributed by atoms with Crippen LogP contribution in [-0.2, 0) is 20.0 Å². The van der Waals surface area contributed by atoms with E-state index >= 15 is 0 Å². The quantitative estimate of drug-likeness (QED) is 0.344. The van der Waals surface area contributed by atoms with Crippen LogP contribution >= 0.6 is 24.0 Å². The monoisotopic (exact) mass is 497 g/mol. The van der Waals surface area contributed by atoms with Gasteiger partial charge in [0.15, 0.2) is 15.8 Å². The number of aliphatic imine (C=N–C) groups is 1. The zero-order valence-corrected chi connectivity index (χ0v) is 19.6. The fourth-order valence-corrected chi connectivity index (χ4v) is 3.46. The lowest BCUT2D eigenvalue weighted by Crippen LogP contribution is -2.45. The minimum atomic E-state index is -3.34. The fourth-order valence-electron chi connectivity index (χ4n) is 2.30. The van der Waals surface area contributed by atoms with Crippen molar-refractivity contribution < 1.29 is 13.2 Å². The van der Waals surface area contributed by atoms with E-state index in [0.717, 1.165) is 5.56 Å². The van der Waals surface area contributed by atoms with Crippen LogP contribution in [0.4, 0.5) is 0 Å². The Hall–Kier alpha value is -0.870. The lowest BCUT2D eigenvalue weighted by molar-refractivity contribution is 0.179. The molecule has 0 heterocycles. The predicted molar refractivity (Wildman–Crippen MR) is 118 cm³/mol. The van der Waals surface area contributed by atoms with Crippen molar-refractivity contribution in [3.05, 3.63) is 29.8 Å². The Morgan fingerprint density at radius 1 is 1.23 bits per heavy atom. The lowest BCUT2D eigenvalue weighted by atomic mass is 9.87. The van der Waals surface area contributed by atoms with Gasteiger partial charge in [0.2, 0.25) is 0 Å². The van der Waals surface area contributed by atoms with Crippen molar-refractivity contribution >= 4 is 39.8 Å². The molecule has 0 fully saturated rings. The molecule has 6 nitrogen and oxygen atoms in total.